The Morgan fingerprint density at radius 3 is 2.45 bits per heavy atom. The molecule has 0 aliphatic rings. The summed E-state index contributed by atoms with van der Waals surface area (Å²) in [5, 5.41) is 2.42. The third-order valence-electron chi connectivity index (χ3n) is 3.72. The normalized spacial score (nSPS) is 12.3. The van der Waals surface area contributed by atoms with E-state index in [0.717, 1.165) is 12.2 Å². The number of hydrogen-bond acceptors (Lipinski definition) is 2. The predicted molar refractivity (Wildman–Crippen MR) is 100 cm³/mol. The van der Waals surface area contributed by atoms with Gasteiger partial charge in [-0.05, 0) is 57.1 Å². The predicted octanol–water partition coefficient (Wildman–Crippen LogP) is 4.91. The molecule has 1 atom stereocenters. The van der Waals surface area contributed by atoms with Gasteiger partial charge in [-0.3, -0.25) is 0 Å². The Hall–Kier alpha value is -1.59. The van der Waals surface area contributed by atoms with Crippen molar-refractivity contribution in [3.63, 3.8) is 0 Å². The lowest BCUT2D eigenvalue weighted by Crippen LogP contribution is -2.15. The van der Waals surface area contributed by atoms with Gasteiger partial charge in [-0.1, -0.05) is 48.5 Å². The van der Waals surface area contributed by atoms with Gasteiger partial charge in [-0.25, -0.2) is 0 Å². The molecular weight excluding hydrogens is 385 g/mol. The summed E-state index contributed by atoms with van der Waals surface area (Å²) >= 11 is 2.33. The number of halogens is 1. The van der Waals surface area contributed by atoms with Crippen LogP contribution in [-0.2, 0) is 0 Å². The summed E-state index contributed by atoms with van der Waals surface area (Å²) in [6, 6.07) is 22.7. The van der Waals surface area contributed by atoms with Gasteiger partial charge in [0, 0.05) is 16.0 Å². The molecule has 3 aromatic rings. The van der Waals surface area contributed by atoms with Crippen molar-refractivity contribution in [1.82, 2.24) is 0 Å². The summed E-state index contributed by atoms with van der Waals surface area (Å²) < 4.78 is 7.07. The van der Waals surface area contributed by atoms with E-state index >= 15 is 0 Å². The van der Waals surface area contributed by atoms with Gasteiger partial charge >= 0.3 is 0 Å². The molecule has 2 nitrogen and oxygen atoms in total. The molecule has 0 saturated heterocycles. The van der Waals surface area contributed by atoms with Gasteiger partial charge in [-0.2, -0.15) is 0 Å². The SMILES string of the molecule is NC(CCOc1ccc2ccccc2c1)c1ccccc1I. The van der Waals surface area contributed by atoms with Gasteiger partial charge in [0.1, 0.15) is 5.75 Å². The zero-order valence-electron chi connectivity index (χ0n) is 12.2. The monoisotopic (exact) mass is 403 g/mol. The van der Waals surface area contributed by atoms with E-state index in [1.165, 1.54) is 19.9 Å². The van der Waals surface area contributed by atoms with E-state index in [0.29, 0.717) is 6.61 Å². The van der Waals surface area contributed by atoms with Gasteiger partial charge in [-0.15, -0.1) is 0 Å². The van der Waals surface area contributed by atoms with E-state index in [1.807, 2.05) is 30.3 Å². The molecule has 0 radical (unpaired) electrons. The molecule has 22 heavy (non-hydrogen) atoms. The average Bonchev–Trinajstić information content (AvgIpc) is 2.55. The number of nitrogens with two attached hydrogens (primary N) is 1. The Kier molecular flexibility index (Phi) is 4.95. The van der Waals surface area contributed by atoms with Gasteiger partial charge in [0.15, 0.2) is 0 Å². The lowest BCUT2D eigenvalue weighted by molar-refractivity contribution is 0.299. The quantitative estimate of drug-likeness (QED) is 0.615. The van der Waals surface area contributed by atoms with E-state index in [4.69, 9.17) is 10.5 Å². The highest BCUT2D eigenvalue weighted by molar-refractivity contribution is 14.1. The van der Waals surface area contributed by atoms with E-state index in [-0.39, 0.29) is 6.04 Å². The first-order valence-electron chi connectivity index (χ1n) is 7.35. The lowest BCUT2D eigenvalue weighted by Gasteiger charge is -2.14. The number of benzene rings is 3. The summed E-state index contributed by atoms with van der Waals surface area (Å²) in [6.45, 7) is 0.616. The number of ether oxygens (including phenoxy) is 1. The van der Waals surface area contributed by atoms with E-state index < -0.39 is 0 Å². The van der Waals surface area contributed by atoms with Crippen LogP contribution in [0.2, 0.25) is 0 Å². The molecule has 0 fully saturated rings. The fourth-order valence-corrected chi connectivity index (χ4v) is 3.28. The van der Waals surface area contributed by atoms with Crippen molar-refractivity contribution in [2.24, 2.45) is 5.73 Å². The Morgan fingerprint density at radius 1 is 0.909 bits per heavy atom. The molecule has 1 unspecified atom stereocenters. The minimum absolute atomic E-state index is 0.00792. The third-order valence-corrected chi connectivity index (χ3v) is 4.71. The second kappa shape index (κ2) is 7.11. The minimum Gasteiger partial charge on any atom is -0.494 e. The van der Waals surface area contributed by atoms with Crippen LogP contribution in [0.1, 0.15) is 18.0 Å². The third kappa shape index (κ3) is 3.59. The van der Waals surface area contributed by atoms with Crippen LogP contribution in [0.15, 0.2) is 66.7 Å². The van der Waals surface area contributed by atoms with Crippen molar-refractivity contribution in [1.29, 1.82) is 0 Å². The van der Waals surface area contributed by atoms with Crippen molar-refractivity contribution in [3.05, 3.63) is 75.9 Å². The Balaban J connectivity index is 1.61. The molecule has 0 aromatic heterocycles. The maximum absolute atomic E-state index is 6.27. The second-order valence-electron chi connectivity index (χ2n) is 5.27. The van der Waals surface area contributed by atoms with Crippen molar-refractivity contribution in [2.75, 3.05) is 6.61 Å². The van der Waals surface area contributed by atoms with Crippen LogP contribution in [0, 0.1) is 3.57 Å². The Morgan fingerprint density at radius 2 is 1.64 bits per heavy atom. The number of hydrogen-bond donors (Lipinski definition) is 1. The van der Waals surface area contributed by atoms with Crippen LogP contribution in [0.3, 0.4) is 0 Å². The van der Waals surface area contributed by atoms with Gasteiger partial charge in [0.2, 0.25) is 0 Å². The largest absolute Gasteiger partial charge is 0.494 e. The Bertz CT molecular complexity index is 772. The molecule has 112 valence electrons. The first kappa shape index (κ1) is 15.3. The molecule has 3 rings (SSSR count). The maximum Gasteiger partial charge on any atom is 0.119 e. The van der Waals surface area contributed by atoms with Crippen LogP contribution < -0.4 is 10.5 Å². The molecule has 3 heteroatoms. The fourth-order valence-electron chi connectivity index (χ4n) is 2.49. The Labute approximate surface area is 144 Å². The van der Waals surface area contributed by atoms with Gasteiger partial charge < -0.3 is 10.5 Å². The zero-order valence-corrected chi connectivity index (χ0v) is 14.4. The maximum atomic E-state index is 6.27. The van der Waals surface area contributed by atoms with Crippen molar-refractivity contribution >= 4 is 33.4 Å². The number of fused-ring (bicyclic) bond motifs is 1. The van der Waals surface area contributed by atoms with Crippen LogP contribution >= 0.6 is 22.6 Å². The van der Waals surface area contributed by atoms with Crippen molar-refractivity contribution < 1.29 is 4.74 Å². The first-order valence-corrected chi connectivity index (χ1v) is 8.43. The lowest BCUT2D eigenvalue weighted by atomic mass is 10.1. The smallest absolute Gasteiger partial charge is 0.119 e. The second-order valence-corrected chi connectivity index (χ2v) is 6.44. The summed E-state index contributed by atoms with van der Waals surface area (Å²) in [6.07, 6.45) is 0.798. The molecule has 0 aliphatic heterocycles. The zero-order chi connectivity index (χ0) is 15.4. The molecule has 0 saturated carbocycles. The van der Waals surface area contributed by atoms with Gasteiger partial charge in [0.25, 0.3) is 0 Å². The summed E-state index contributed by atoms with van der Waals surface area (Å²) in [5.41, 5.74) is 7.45. The van der Waals surface area contributed by atoms with Crippen molar-refractivity contribution in [3.8, 4) is 5.75 Å². The van der Waals surface area contributed by atoms with E-state index in [1.54, 1.807) is 0 Å². The minimum atomic E-state index is 0.00792. The molecule has 2 N–H and O–H groups in total. The topological polar surface area (TPSA) is 35.2 Å². The van der Waals surface area contributed by atoms with Crippen LogP contribution in [0.25, 0.3) is 10.8 Å². The molecular formula is C19H18INO. The highest BCUT2D eigenvalue weighted by Crippen LogP contribution is 2.23. The highest BCUT2D eigenvalue weighted by atomic mass is 127. The van der Waals surface area contributed by atoms with Gasteiger partial charge in [0.05, 0.1) is 6.61 Å². The first-order chi connectivity index (χ1) is 10.7. The highest BCUT2D eigenvalue weighted by Gasteiger charge is 2.09. The average molecular weight is 403 g/mol. The number of rotatable bonds is 5. The van der Waals surface area contributed by atoms with E-state index in [2.05, 4.69) is 59.0 Å². The van der Waals surface area contributed by atoms with E-state index in [9.17, 15) is 0 Å². The fraction of sp³-hybridized carbons (Fsp3) is 0.158. The standard InChI is InChI=1S/C19H18INO/c20-18-8-4-3-7-17(18)19(21)11-12-22-16-10-9-14-5-1-2-6-15(14)13-16/h1-10,13,19H,11-12,21H2. The van der Waals surface area contributed by atoms with Crippen molar-refractivity contribution in [2.45, 2.75) is 12.5 Å². The molecule has 0 bridgehead atoms. The molecule has 0 spiro atoms. The van der Waals surface area contributed by atoms with Crippen LogP contribution in [-0.4, -0.2) is 6.61 Å². The molecule has 3 aromatic carbocycles. The van der Waals surface area contributed by atoms with Crippen LogP contribution in [0.4, 0.5) is 0 Å². The van der Waals surface area contributed by atoms with Crippen LogP contribution in [0.5, 0.6) is 5.75 Å². The summed E-state index contributed by atoms with van der Waals surface area (Å²) in [5.74, 6) is 0.897. The summed E-state index contributed by atoms with van der Waals surface area (Å²) in [4.78, 5) is 0. The summed E-state index contributed by atoms with van der Waals surface area (Å²) in [7, 11) is 0. The molecule has 0 heterocycles. The molecule has 0 aliphatic carbocycles. The molecule has 0 amide bonds.